The number of aryl methyl sites for hydroxylation is 1. The molecule has 0 atom stereocenters. The summed E-state index contributed by atoms with van der Waals surface area (Å²) in [4.78, 5) is 12.2. The van der Waals surface area contributed by atoms with Crippen LogP contribution in [-0.2, 0) is 11.2 Å². The number of anilines is 1. The van der Waals surface area contributed by atoms with Gasteiger partial charge in [-0.25, -0.2) is 0 Å². The van der Waals surface area contributed by atoms with Crippen molar-refractivity contribution in [2.24, 2.45) is 0 Å². The minimum Gasteiger partial charge on any atom is -0.493 e. The second-order valence-electron chi connectivity index (χ2n) is 4.59. The number of aromatic nitrogens is 2. The molecular weight excluding hydrogens is 392 g/mol. The summed E-state index contributed by atoms with van der Waals surface area (Å²) in [6, 6.07) is 9.10. The van der Waals surface area contributed by atoms with E-state index in [0.29, 0.717) is 23.1 Å². The molecule has 0 aliphatic heterocycles. The zero-order valence-corrected chi connectivity index (χ0v) is 15.4. The average Bonchev–Trinajstić information content (AvgIpc) is 3.05. The Hall–Kier alpha value is -2.24. The molecule has 1 aromatic heterocycles. The molecule has 0 aliphatic rings. The fourth-order valence-electron chi connectivity index (χ4n) is 1.78. The third kappa shape index (κ3) is 5.15. The van der Waals surface area contributed by atoms with Gasteiger partial charge in [0.15, 0.2) is 0 Å². The van der Waals surface area contributed by atoms with E-state index in [4.69, 9.17) is 4.74 Å². The standard InChI is InChI=1S/C16H15BrN4O2S/c1-2-14-20-21-16(24-14)19-15(22)12(10-18)8-11-4-3-5-13(9-11)23-7-6-17/h3-5,8-9H,2,6-7H2,1H3,(H,19,21,22). The second-order valence-corrected chi connectivity index (χ2v) is 6.44. The average molecular weight is 407 g/mol. The van der Waals surface area contributed by atoms with E-state index in [1.54, 1.807) is 18.2 Å². The second kappa shape index (κ2) is 9.15. The van der Waals surface area contributed by atoms with E-state index in [2.05, 4.69) is 31.4 Å². The predicted molar refractivity (Wildman–Crippen MR) is 97.2 cm³/mol. The summed E-state index contributed by atoms with van der Waals surface area (Å²) in [5.74, 6) is 0.167. The Labute approximate surface area is 152 Å². The van der Waals surface area contributed by atoms with Gasteiger partial charge in [0.25, 0.3) is 5.91 Å². The first-order chi connectivity index (χ1) is 11.7. The molecule has 1 N–H and O–H groups in total. The number of halogens is 1. The van der Waals surface area contributed by atoms with Crippen molar-refractivity contribution in [3.8, 4) is 11.8 Å². The van der Waals surface area contributed by atoms with Crippen molar-refractivity contribution in [1.29, 1.82) is 5.26 Å². The van der Waals surface area contributed by atoms with Gasteiger partial charge >= 0.3 is 0 Å². The first-order valence-corrected chi connectivity index (χ1v) is 9.14. The topological polar surface area (TPSA) is 87.9 Å². The van der Waals surface area contributed by atoms with Gasteiger partial charge in [-0.2, -0.15) is 5.26 Å². The van der Waals surface area contributed by atoms with Gasteiger partial charge in [0.1, 0.15) is 22.4 Å². The molecule has 6 nitrogen and oxygen atoms in total. The van der Waals surface area contributed by atoms with Crippen LogP contribution < -0.4 is 10.1 Å². The maximum atomic E-state index is 12.2. The summed E-state index contributed by atoms with van der Waals surface area (Å²) in [6.45, 7) is 2.49. The van der Waals surface area contributed by atoms with E-state index in [-0.39, 0.29) is 5.57 Å². The lowest BCUT2D eigenvalue weighted by Gasteiger charge is -2.05. The van der Waals surface area contributed by atoms with Crippen molar-refractivity contribution in [3.63, 3.8) is 0 Å². The van der Waals surface area contributed by atoms with Crippen LogP contribution >= 0.6 is 27.3 Å². The maximum absolute atomic E-state index is 12.2. The monoisotopic (exact) mass is 406 g/mol. The number of amides is 1. The summed E-state index contributed by atoms with van der Waals surface area (Å²) >= 11 is 4.58. The van der Waals surface area contributed by atoms with Crippen LogP contribution in [0.5, 0.6) is 5.75 Å². The lowest BCUT2D eigenvalue weighted by Crippen LogP contribution is -2.13. The molecule has 0 unspecified atom stereocenters. The number of benzene rings is 1. The summed E-state index contributed by atoms with van der Waals surface area (Å²) in [5, 5.41) is 21.6. The fraction of sp³-hybridized carbons (Fsp3) is 0.250. The molecule has 1 aromatic carbocycles. The van der Waals surface area contributed by atoms with Crippen LogP contribution in [0.25, 0.3) is 6.08 Å². The van der Waals surface area contributed by atoms with Crippen molar-refractivity contribution in [2.45, 2.75) is 13.3 Å². The number of carbonyl (C=O) groups excluding carboxylic acids is 1. The van der Waals surface area contributed by atoms with Gasteiger partial charge in [-0.3, -0.25) is 10.1 Å². The van der Waals surface area contributed by atoms with Crippen molar-refractivity contribution in [1.82, 2.24) is 10.2 Å². The van der Waals surface area contributed by atoms with Gasteiger partial charge in [-0.05, 0) is 30.2 Å². The number of hydrogen-bond donors (Lipinski definition) is 1. The van der Waals surface area contributed by atoms with E-state index in [1.807, 2.05) is 19.1 Å². The normalized spacial score (nSPS) is 11.0. The quantitative estimate of drug-likeness (QED) is 0.432. The van der Waals surface area contributed by atoms with Crippen molar-refractivity contribution in [2.75, 3.05) is 17.3 Å². The van der Waals surface area contributed by atoms with Crippen LogP contribution in [0.4, 0.5) is 5.13 Å². The fourth-order valence-corrected chi connectivity index (χ4v) is 2.61. The molecule has 0 aliphatic carbocycles. The van der Waals surface area contributed by atoms with Gasteiger partial charge in [0.05, 0.1) is 6.61 Å². The van der Waals surface area contributed by atoms with E-state index < -0.39 is 5.91 Å². The van der Waals surface area contributed by atoms with Crippen molar-refractivity contribution >= 4 is 44.4 Å². The van der Waals surface area contributed by atoms with Crippen molar-refractivity contribution < 1.29 is 9.53 Å². The van der Waals surface area contributed by atoms with Crippen molar-refractivity contribution in [3.05, 3.63) is 40.4 Å². The van der Waals surface area contributed by atoms with Crippen LogP contribution in [0.3, 0.4) is 0 Å². The molecule has 2 rings (SSSR count). The molecule has 24 heavy (non-hydrogen) atoms. The molecular formula is C16H15BrN4O2S. The van der Waals surface area contributed by atoms with Crippen LogP contribution in [0.15, 0.2) is 29.8 Å². The molecule has 1 amide bonds. The minimum atomic E-state index is -0.511. The number of rotatable bonds is 7. The van der Waals surface area contributed by atoms with Crippen LogP contribution in [0, 0.1) is 11.3 Å². The molecule has 0 bridgehead atoms. The molecule has 0 fully saturated rings. The number of alkyl halides is 1. The Morgan fingerprint density at radius 1 is 1.50 bits per heavy atom. The lowest BCUT2D eigenvalue weighted by atomic mass is 10.1. The molecule has 0 radical (unpaired) electrons. The molecule has 8 heteroatoms. The number of ether oxygens (including phenoxy) is 1. The lowest BCUT2D eigenvalue weighted by molar-refractivity contribution is -0.112. The van der Waals surface area contributed by atoms with E-state index in [9.17, 15) is 10.1 Å². The number of nitrogens with zero attached hydrogens (tertiary/aromatic N) is 3. The highest BCUT2D eigenvalue weighted by atomic mass is 79.9. The summed E-state index contributed by atoms with van der Waals surface area (Å²) in [7, 11) is 0. The smallest absolute Gasteiger partial charge is 0.268 e. The Morgan fingerprint density at radius 2 is 2.33 bits per heavy atom. The predicted octanol–water partition coefficient (Wildman–Crippen LogP) is 3.42. The molecule has 2 aromatic rings. The Balaban J connectivity index is 2.13. The Bertz CT molecular complexity index is 782. The van der Waals surface area contributed by atoms with Crippen LogP contribution in [0.2, 0.25) is 0 Å². The SMILES string of the molecule is CCc1nnc(NC(=O)C(C#N)=Cc2cccc(OCCBr)c2)s1. The maximum Gasteiger partial charge on any atom is 0.268 e. The summed E-state index contributed by atoms with van der Waals surface area (Å²) < 4.78 is 5.51. The van der Waals surface area contributed by atoms with Gasteiger partial charge < -0.3 is 4.74 Å². The molecule has 124 valence electrons. The minimum absolute atomic E-state index is 0.0131. The van der Waals surface area contributed by atoms with Crippen LogP contribution in [0.1, 0.15) is 17.5 Å². The van der Waals surface area contributed by atoms with Gasteiger partial charge in [-0.15, -0.1) is 10.2 Å². The first-order valence-electron chi connectivity index (χ1n) is 7.20. The molecule has 0 saturated carbocycles. The third-order valence-electron chi connectivity index (χ3n) is 2.87. The Morgan fingerprint density at radius 3 is 3.00 bits per heavy atom. The highest BCUT2D eigenvalue weighted by molar-refractivity contribution is 9.09. The largest absolute Gasteiger partial charge is 0.493 e. The zero-order chi connectivity index (χ0) is 17.4. The van der Waals surface area contributed by atoms with Gasteiger partial charge in [-0.1, -0.05) is 46.3 Å². The van der Waals surface area contributed by atoms with Crippen LogP contribution in [-0.4, -0.2) is 28.0 Å². The third-order valence-corrected chi connectivity index (χ3v) is 4.18. The Kier molecular flexibility index (Phi) is 6.90. The van der Waals surface area contributed by atoms with E-state index in [1.165, 1.54) is 17.4 Å². The van der Waals surface area contributed by atoms with E-state index >= 15 is 0 Å². The highest BCUT2D eigenvalue weighted by Gasteiger charge is 2.12. The zero-order valence-electron chi connectivity index (χ0n) is 13.0. The number of nitriles is 1. The number of hydrogen-bond acceptors (Lipinski definition) is 6. The van der Waals surface area contributed by atoms with Gasteiger partial charge in [0.2, 0.25) is 5.13 Å². The van der Waals surface area contributed by atoms with Gasteiger partial charge in [0, 0.05) is 5.33 Å². The summed E-state index contributed by atoms with van der Waals surface area (Å²) in [6.07, 6.45) is 2.26. The molecule has 1 heterocycles. The van der Waals surface area contributed by atoms with E-state index in [0.717, 1.165) is 16.8 Å². The summed E-state index contributed by atoms with van der Waals surface area (Å²) in [5.41, 5.74) is 0.696. The highest BCUT2D eigenvalue weighted by Crippen LogP contribution is 2.18. The molecule has 0 spiro atoms. The number of nitrogens with one attached hydrogen (secondary N) is 1. The molecule has 0 saturated heterocycles. The number of carbonyl (C=O) groups is 1. The first kappa shape index (κ1) is 18.1.